The molecule has 2 amide bonds. The number of ether oxygens (including phenoxy) is 2. The van der Waals surface area contributed by atoms with Gasteiger partial charge in [-0.1, -0.05) is 26.0 Å². The molecule has 1 fully saturated rings. The molecule has 1 aliphatic carbocycles. The van der Waals surface area contributed by atoms with Gasteiger partial charge in [-0.15, -0.1) is 0 Å². The highest BCUT2D eigenvalue weighted by molar-refractivity contribution is 7.90. The Bertz CT molecular complexity index is 1520. The van der Waals surface area contributed by atoms with Crippen LogP contribution in [0.2, 0.25) is 5.31 Å². The summed E-state index contributed by atoms with van der Waals surface area (Å²) >= 11 is 0. The predicted molar refractivity (Wildman–Crippen MR) is 152 cm³/mol. The number of amides is 2. The van der Waals surface area contributed by atoms with Gasteiger partial charge in [0.15, 0.2) is 5.03 Å². The zero-order chi connectivity index (χ0) is 29.2. The highest BCUT2D eigenvalue weighted by Gasteiger charge is 2.33. The molecule has 3 heterocycles. The molecule has 0 spiro atoms. The number of aromatic nitrogens is 3. The van der Waals surface area contributed by atoms with Crippen LogP contribution in [0, 0.1) is 0 Å². The first-order valence-electron chi connectivity index (χ1n) is 13.6. The van der Waals surface area contributed by atoms with E-state index in [0.717, 1.165) is 54.4 Å². The molecule has 2 aromatic heterocycles. The van der Waals surface area contributed by atoms with Gasteiger partial charge in [-0.25, -0.2) is 14.5 Å². The molecule has 0 bridgehead atoms. The normalized spacial score (nSPS) is 15.8. The molecule has 0 saturated carbocycles. The third-order valence-electron chi connectivity index (χ3n) is 7.41. The minimum atomic E-state index is -4.31. The predicted octanol–water partition coefficient (Wildman–Crippen LogP) is 2.76. The van der Waals surface area contributed by atoms with Crippen LogP contribution in [0.15, 0.2) is 47.8 Å². The molecule has 3 aromatic rings. The largest absolute Gasteiger partial charge is 0.474 e. The Hall–Kier alpha value is -3.46. The maximum atomic E-state index is 13.1. The van der Waals surface area contributed by atoms with E-state index in [1.54, 1.807) is 20.0 Å². The molecule has 1 saturated heterocycles. The van der Waals surface area contributed by atoms with Crippen LogP contribution in [0.3, 0.4) is 0 Å². The van der Waals surface area contributed by atoms with Gasteiger partial charge in [0.05, 0.1) is 18.9 Å². The van der Waals surface area contributed by atoms with Crippen LogP contribution in [0.5, 0.6) is 5.88 Å². The van der Waals surface area contributed by atoms with Crippen molar-refractivity contribution in [1.29, 1.82) is 0 Å². The summed E-state index contributed by atoms with van der Waals surface area (Å²) in [6.07, 6.45) is 7.19. The number of carbonyl (C=O) groups excluding carboxylic acids is 1. The van der Waals surface area contributed by atoms with Crippen molar-refractivity contribution in [1.82, 2.24) is 19.5 Å². The summed E-state index contributed by atoms with van der Waals surface area (Å²) < 4.78 is 40.8. The number of anilines is 1. The molecule has 41 heavy (non-hydrogen) atoms. The second kappa shape index (κ2) is 11.8. The molecule has 0 atom stereocenters. The van der Waals surface area contributed by atoms with Crippen LogP contribution in [0.4, 0.5) is 10.5 Å². The highest BCUT2D eigenvalue weighted by Crippen LogP contribution is 2.38. The van der Waals surface area contributed by atoms with Gasteiger partial charge < -0.3 is 24.8 Å². The number of hydrogen-bond acceptors (Lipinski definition) is 9. The van der Waals surface area contributed by atoms with Crippen LogP contribution in [-0.2, 0) is 34.1 Å². The lowest BCUT2D eigenvalue weighted by molar-refractivity contribution is 0.0237. The van der Waals surface area contributed by atoms with Gasteiger partial charge in [0.25, 0.3) is 10.0 Å². The summed E-state index contributed by atoms with van der Waals surface area (Å²) in [6.45, 7) is 4.56. The molecule has 1 aliphatic heterocycles. The number of urea groups is 1. The van der Waals surface area contributed by atoms with Gasteiger partial charge in [0.2, 0.25) is 5.88 Å². The lowest BCUT2D eigenvalue weighted by Crippen LogP contribution is -2.35. The summed E-state index contributed by atoms with van der Waals surface area (Å²) in [5.74, 6) is 0.473. The summed E-state index contributed by atoms with van der Waals surface area (Å²) in [6, 6.07) is 7.93. The van der Waals surface area contributed by atoms with E-state index in [1.807, 2.05) is 24.3 Å². The number of fused-ring (bicyclic) bond motifs is 1. The zero-order valence-electron chi connectivity index (χ0n) is 23.0. The molecule has 4 N–H and O–H groups in total. The Kier molecular flexibility index (Phi) is 8.36. The van der Waals surface area contributed by atoms with E-state index in [1.165, 1.54) is 16.9 Å². The van der Waals surface area contributed by atoms with Gasteiger partial charge in [-0.2, -0.15) is 13.5 Å². The first kappa shape index (κ1) is 29.1. The number of nitrogens with one attached hydrogen (secondary N) is 2. The Labute approximate surface area is 239 Å². The van der Waals surface area contributed by atoms with Gasteiger partial charge in [0.1, 0.15) is 6.10 Å². The van der Waals surface area contributed by atoms with E-state index in [9.17, 15) is 23.3 Å². The molecule has 2 aliphatic rings. The Morgan fingerprint density at radius 3 is 2.73 bits per heavy atom. The number of carbonyl (C=O) groups is 1. The van der Waals surface area contributed by atoms with Crippen molar-refractivity contribution in [3.63, 3.8) is 0 Å². The fourth-order valence-corrected chi connectivity index (χ4v) is 5.89. The average Bonchev–Trinajstić information content (AvgIpc) is 3.59. The maximum absolute atomic E-state index is 13.1. The van der Waals surface area contributed by atoms with Crippen LogP contribution in [0.1, 0.15) is 44.2 Å². The Morgan fingerprint density at radius 1 is 1.20 bits per heavy atom. The Morgan fingerprint density at radius 2 is 1.98 bits per heavy atom. The summed E-state index contributed by atoms with van der Waals surface area (Å²) in [5, 5.41) is 24.6. The molecule has 12 nitrogen and oxygen atoms in total. The van der Waals surface area contributed by atoms with E-state index in [-0.39, 0.29) is 17.7 Å². The number of hydrogen-bond donors (Lipinski definition) is 4. The van der Waals surface area contributed by atoms with Crippen LogP contribution >= 0.6 is 0 Å². The monoisotopic (exact) mass is 583 g/mol. The summed E-state index contributed by atoms with van der Waals surface area (Å²) in [7, 11) is -5.93. The quantitative estimate of drug-likeness (QED) is 0.277. The third kappa shape index (κ3) is 6.72. The van der Waals surface area contributed by atoms with Crippen molar-refractivity contribution in [2.75, 3.05) is 18.5 Å². The van der Waals surface area contributed by atoms with E-state index in [0.29, 0.717) is 24.8 Å². The number of benzene rings is 1. The molecule has 0 unspecified atom stereocenters. The lowest BCUT2D eigenvalue weighted by Gasteiger charge is -2.23. The highest BCUT2D eigenvalue weighted by atomic mass is 32.2. The SMILES string of the molecule is CC(C)(Cn1ccc(S(=O)(=O)NC(=O)Nc2c(-c3ccnc(OC4CCOCC4)c3)ccc3c2CCC3)n1)B(O)O. The van der Waals surface area contributed by atoms with Crippen molar-refractivity contribution in [2.45, 2.75) is 68.9 Å². The van der Waals surface area contributed by atoms with Gasteiger partial charge >= 0.3 is 13.1 Å². The molecule has 218 valence electrons. The zero-order valence-corrected chi connectivity index (χ0v) is 23.9. The van der Waals surface area contributed by atoms with Gasteiger partial charge in [-0.3, -0.25) is 4.68 Å². The van der Waals surface area contributed by atoms with E-state index in [2.05, 4.69) is 20.1 Å². The average molecular weight is 583 g/mol. The smallest absolute Gasteiger partial charge is 0.459 e. The molecule has 14 heteroatoms. The van der Waals surface area contributed by atoms with E-state index >= 15 is 0 Å². The molecule has 0 radical (unpaired) electrons. The number of nitrogens with zero attached hydrogens (tertiary/aromatic N) is 3. The van der Waals surface area contributed by atoms with E-state index in [4.69, 9.17) is 9.47 Å². The van der Waals surface area contributed by atoms with Crippen LogP contribution in [0.25, 0.3) is 11.1 Å². The van der Waals surface area contributed by atoms with Gasteiger partial charge in [-0.05, 0) is 48.1 Å². The van der Waals surface area contributed by atoms with Crippen LogP contribution in [-0.4, -0.2) is 65.7 Å². The fourth-order valence-electron chi connectivity index (χ4n) is 5.04. The number of sulfonamides is 1. The maximum Gasteiger partial charge on any atom is 0.459 e. The topological polar surface area (TPSA) is 165 Å². The number of aryl methyl sites for hydroxylation is 1. The minimum absolute atomic E-state index is 0.0170. The first-order valence-corrected chi connectivity index (χ1v) is 15.1. The molecular formula is C27H34BN5O7S. The number of rotatable bonds is 9. The second-order valence-corrected chi connectivity index (χ2v) is 12.7. The molecule has 1 aromatic carbocycles. The second-order valence-electron chi connectivity index (χ2n) is 11.1. The van der Waals surface area contributed by atoms with Crippen molar-refractivity contribution in [2.24, 2.45) is 0 Å². The molecule has 5 rings (SSSR count). The van der Waals surface area contributed by atoms with Crippen molar-refractivity contribution >= 4 is 28.9 Å². The number of pyridine rings is 1. The van der Waals surface area contributed by atoms with Gasteiger partial charge in [0, 0.05) is 48.7 Å². The first-order chi connectivity index (χ1) is 19.5. The lowest BCUT2D eigenvalue weighted by atomic mass is 9.60. The van der Waals surface area contributed by atoms with Crippen molar-refractivity contribution < 1.29 is 32.7 Å². The Balaban J connectivity index is 1.36. The molecular weight excluding hydrogens is 549 g/mol. The van der Waals surface area contributed by atoms with Crippen LogP contribution < -0.4 is 14.8 Å². The third-order valence-corrected chi connectivity index (χ3v) is 8.63. The standard InChI is InChI=1S/C27H34BN5O7S/c1-27(2,28(35)36)17-33-13-9-24(31-33)41(37,38)32-26(34)30-25-21-5-3-4-18(21)6-7-22(25)19-8-12-29-23(16-19)40-20-10-14-39-15-11-20/h6-9,12-13,16,20,35-36H,3-5,10-11,14-15,17H2,1-2H3,(H2,30,32,34). The minimum Gasteiger partial charge on any atom is -0.474 e. The summed E-state index contributed by atoms with van der Waals surface area (Å²) in [5.41, 5.74) is 4.12. The van der Waals surface area contributed by atoms with E-state index < -0.39 is 28.5 Å². The fraction of sp³-hybridized carbons (Fsp3) is 0.444. The summed E-state index contributed by atoms with van der Waals surface area (Å²) in [4.78, 5) is 17.4. The van der Waals surface area contributed by atoms with Crippen molar-refractivity contribution in [3.05, 3.63) is 53.9 Å². The van der Waals surface area contributed by atoms with Crippen molar-refractivity contribution in [3.8, 4) is 17.0 Å².